The second-order valence-corrected chi connectivity index (χ2v) is 5.34. The lowest BCUT2D eigenvalue weighted by Crippen LogP contribution is -2.27. The molecule has 1 aromatic carbocycles. The predicted molar refractivity (Wildman–Crippen MR) is 80.9 cm³/mol. The number of methoxy groups -OCH3 is 1. The summed E-state index contributed by atoms with van der Waals surface area (Å²) in [6.07, 6.45) is -1.42. The molecule has 2 unspecified atom stereocenters. The zero-order valence-corrected chi connectivity index (χ0v) is 13.3. The fourth-order valence-electron chi connectivity index (χ4n) is 1.69. The van der Waals surface area contributed by atoms with E-state index in [2.05, 4.69) is 0 Å². The molecule has 6 heteroatoms. The molecule has 5 nitrogen and oxygen atoms in total. The third kappa shape index (κ3) is 6.63. The lowest BCUT2D eigenvalue weighted by molar-refractivity contribution is -0.0422. The van der Waals surface area contributed by atoms with Crippen molar-refractivity contribution in [3.05, 3.63) is 28.8 Å². The molecule has 0 radical (unpaired) electrons. The van der Waals surface area contributed by atoms with Crippen molar-refractivity contribution in [1.82, 2.24) is 0 Å². The maximum absolute atomic E-state index is 9.79. The largest absolute Gasteiger partial charge is 0.489 e. The Morgan fingerprint density at radius 2 is 1.86 bits per heavy atom. The Bertz CT molecular complexity index is 425. The first-order valence-electron chi connectivity index (χ1n) is 6.83. The van der Waals surface area contributed by atoms with Crippen LogP contribution in [0, 0.1) is 0 Å². The van der Waals surface area contributed by atoms with Gasteiger partial charge in [-0.3, -0.25) is 0 Å². The number of hydrogen-bond donors (Lipinski definition) is 2. The van der Waals surface area contributed by atoms with Crippen LogP contribution in [0.1, 0.15) is 25.5 Å². The third-order valence-electron chi connectivity index (χ3n) is 2.84. The minimum absolute atomic E-state index is 0.0768. The van der Waals surface area contributed by atoms with E-state index in [4.69, 9.17) is 25.8 Å². The summed E-state index contributed by atoms with van der Waals surface area (Å²) in [5.41, 5.74) is 0.713. The molecule has 0 spiro atoms. The first-order valence-corrected chi connectivity index (χ1v) is 7.20. The molecule has 1 rings (SSSR count). The highest BCUT2D eigenvalue weighted by molar-refractivity contribution is 6.32. The Hall–Kier alpha value is -0.850. The molecule has 0 aliphatic heterocycles. The van der Waals surface area contributed by atoms with E-state index in [1.807, 2.05) is 6.92 Å². The van der Waals surface area contributed by atoms with E-state index < -0.39 is 12.2 Å². The maximum Gasteiger partial charge on any atom is 0.138 e. The van der Waals surface area contributed by atoms with Crippen LogP contribution >= 0.6 is 11.6 Å². The van der Waals surface area contributed by atoms with Gasteiger partial charge in [-0.05, 0) is 31.5 Å². The molecule has 0 aliphatic carbocycles. The number of aliphatic hydroxyl groups excluding tert-OH is 2. The summed E-state index contributed by atoms with van der Waals surface area (Å²) < 4.78 is 15.8. The van der Waals surface area contributed by atoms with Crippen LogP contribution in [0.4, 0.5) is 0 Å². The number of ether oxygens (including phenoxy) is 3. The van der Waals surface area contributed by atoms with Gasteiger partial charge in [0.05, 0.1) is 30.4 Å². The molecule has 0 amide bonds. The zero-order chi connectivity index (χ0) is 15.8. The molecule has 2 N–H and O–H groups in total. The highest BCUT2D eigenvalue weighted by Crippen LogP contribution is 2.27. The van der Waals surface area contributed by atoms with E-state index in [0.717, 1.165) is 0 Å². The van der Waals surface area contributed by atoms with Crippen molar-refractivity contribution in [3.63, 3.8) is 0 Å². The topological polar surface area (TPSA) is 68.2 Å². The van der Waals surface area contributed by atoms with Gasteiger partial charge < -0.3 is 24.4 Å². The minimum atomic E-state index is -0.753. The molecule has 0 aliphatic rings. The van der Waals surface area contributed by atoms with Crippen molar-refractivity contribution in [3.8, 4) is 5.75 Å². The number of rotatable bonds is 9. The van der Waals surface area contributed by atoms with Gasteiger partial charge in [0.25, 0.3) is 0 Å². The van der Waals surface area contributed by atoms with Gasteiger partial charge in [0.1, 0.15) is 18.5 Å². The van der Waals surface area contributed by atoms with Crippen molar-refractivity contribution >= 4 is 11.6 Å². The smallest absolute Gasteiger partial charge is 0.138 e. The fourth-order valence-corrected chi connectivity index (χ4v) is 1.93. The van der Waals surface area contributed by atoms with Crippen molar-refractivity contribution in [2.24, 2.45) is 0 Å². The maximum atomic E-state index is 9.79. The Balaban J connectivity index is 2.41. The first kappa shape index (κ1) is 18.2. The summed E-state index contributed by atoms with van der Waals surface area (Å²) in [7, 11) is 1.60. The van der Waals surface area contributed by atoms with Gasteiger partial charge in [0.2, 0.25) is 0 Å². The highest BCUT2D eigenvalue weighted by Gasteiger charge is 2.11. The van der Waals surface area contributed by atoms with Crippen LogP contribution in [0.5, 0.6) is 5.75 Å². The number of halogens is 1. The summed E-state index contributed by atoms with van der Waals surface area (Å²) in [6.45, 7) is 4.23. The Morgan fingerprint density at radius 3 is 2.43 bits per heavy atom. The summed E-state index contributed by atoms with van der Waals surface area (Å²) in [5, 5.41) is 19.6. The molecule has 0 bridgehead atoms. The average Bonchev–Trinajstić information content (AvgIpc) is 2.44. The van der Waals surface area contributed by atoms with Gasteiger partial charge in [0.15, 0.2) is 0 Å². The molecule has 1 aromatic rings. The third-order valence-corrected chi connectivity index (χ3v) is 3.14. The second kappa shape index (κ2) is 9.23. The quantitative estimate of drug-likeness (QED) is 0.730. The van der Waals surface area contributed by atoms with E-state index in [-0.39, 0.29) is 19.3 Å². The van der Waals surface area contributed by atoms with Crippen LogP contribution in [-0.2, 0) is 9.47 Å². The molecule has 0 heterocycles. The molecule has 0 saturated heterocycles. The fraction of sp³-hybridized carbons (Fsp3) is 0.600. The number of hydrogen-bond acceptors (Lipinski definition) is 5. The van der Waals surface area contributed by atoms with Crippen LogP contribution < -0.4 is 4.74 Å². The van der Waals surface area contributed by atoms with Gasteiger partial charge in [-0.15, -0.1) is 0 Å². The normalized spacial score (nSPS) is 15.5. The van der Waals surface area contributed by atoms with Crippen molar-refractivity contribution in [2.45, 2.75) is 32.2 Å². The van der Waals surface area contributed by atoms with E-state index in [0.29, 0.717) is 22.9 Å². The van der Waals surface area contributed by atoms with E-state index in [9.17, 15) is 10.2 Å². The van der Waals surface area contributed by atoms with Crippen LogP contribution in [0.2, 0.25) is 5.02 Å². The SMILES string of the molecule is COCC(C)OCC(O)COc1ccc([C@@H](C)O)cc1Cl. The molecule has 21 heavy (non-hydrogen) atoms. The minimum Gasteiger partial charge on any atom is -0.489 e. The monoisotopic (exact) mass is 318 g/mol. The van der Waals surface area contributed by atoms with Gasteiger partial charge in [0, 0.05) is 7.11 Å². The summed E-state index contributed by atoms with van der Waals surface area (Å²) >= 11 is 6.06. The van der Waals surface area contributed by atoms with Crippen LogP contribution in [-0.4, -0.2) is 49.4 Å². The van der Waals surface area contributed by atoms with Crippen LogP contribution in [0.25, 0.3) is 0 Å². The van der Waals surface area contributed by atoms with Gasteiger partial charge in [-0.25, -0.2) is 0 Å². The average molecular weight is 319 g/mol. The zero-order valence-electron chi connectivity index (χ0n) is 12.6. The molecule has 0 fully saturated rings. The molecule has 0 aromatic heterocycles. The lowest BCUT2D eigenvalue weighted by atomic mass is 10.1. The van der Waals surface area contributed by atoms with Crippen LogP contribution in [0.3, 0.4) is 0 Å². The van der Waals surface area contributed by atoms with Gasteiger partial charge in [-0.1, -0.05) is 17.7 Å². The van der Waals surface area contributed by atoms with E-state index in [1.54, 1.807) is 32.2 Å². The lowest BCUT2D eigenvalue weighted by Gasteiger charge is -2.17. The van der Waals surface area contributed by atoms with Crippen molar-refractivity contribution in [1.29, 1.82) is 0 Å². The second-order valence-electron chi connectivity index (χ2n) is 4.93. The standard InChI is InChI=1S/C15H23ClO5/c1-10(7-19-3)20-8-13(18)9-21-15-5-4-12(11(2)17)6-14(15)16/h4-6,10-11,13,17-18H,7-9H2,1-3H3/t10?,11-,13?/m1/s1. The molecule has 120 valence electrons. The summed E-state index contributed by atoms with van der Waals surface area (Å²) in [4.78, 5) is 0. The highest BCUT2D eigenvalue weighted by atomic mass is 35.5. The number of benzene rings is 1. The van der Waals surface area contributed by atoms with E-state index >= 15 is 0 Å². The summed E-state index contributed by atoms with van der Waals surface area (Å²) in [5.74, 6) is 0.463. The summed E-state index contributed by atoms with van der Waals surface area (Å²) in [6, 6.07) is 5.05. The number of aliphatic hydroxyl groups is 2. The molecular weight excluding hydrogens is 296 g/mol. The first-order chi connectivity index (χ1) is 9.93. The van der Waals surface area contributed by atoms with Crippen molar-refractivity contribution < 1.29 is 24.4 Å². The Kier molecular flexibility index (Phi) is 8.00. The van der Waals surface area contributed by atoms with Gasteiger partial charge in [-0.2, -0.15) is 0 Å². The molecular formula is C15H23ClO5. The molecule has 3 atom stereocenters. The Morgan fingerprint density at radius 1 is 1.14 bits per heavy atom. The van der Waals surface area contributed by atoms with Crippen molar-refractivity contribution in [2.75, 3.05) is 26.9 Å². The van der Waals surface area contributed by atoms with Crippen LogP contribution in [0.15, 0.2) is 18.2 Å². The van der Waals surface area contributed by atoms with Gasteiger partial charge >= 0.3 is 0 Å². The Labute approximate surface area is 130 Å². The van der Waals surface area contributed by atoms with E-state index in [1.165, 1.54) is 0 Å². The molecule has 0 saturated carbocycles. The predicted octanol–water partition coefficient (Wildman–Crippen LogP) is 2.18.